The predicted octanol–water partition coefficient (Wildman–Crippen LogP) is 3.25. The van der Waals surface area contributed by atoms with Crippen LogP contribution in [0.1, 0.15) is 16.1 Å². The van der Waals surface area contributed by atoms with Gasteiger partial charge >= 0.3 is 6.18 Å². The number of rotatable bonds is 4. The first kappa shape index (κ1) is 17.1. The second-order valence-electron chi connectivity index (χ2n) is 5.88. The molecule has 1 aliphatic heterocycles. The van der Waals surface area contributed by atoms with Gasteiger partial charge in [-0.1, -0.05) is 5.16 Å². The van der Waals surface area contributed by atoms with E-state index in [0.717, 1.165) is 18.3 Å². The lowest BCUT2D eigenvalue weighted by Gasteiger charge is -2.38. The van der Waals surface area contributed by atoms with Crippen LogP contribution in [0, 0.1) is 0 Å². The minimum Gasteiger partial charge on any atom is -0.471 e. The van der Waals surface area contributed by atoms with Crippen molar-refractivity contribution in [3.05, 3.63) is 54.0 Å². The molecule has 0 aromatic carbocycles. The van der Waals surface area contributed by atoms with Crippen LogP contribution in [0.2, 0.25) is 0 Å². The second-order valence-corrected chi connectivity index (χ2v) is 5.88. The summed E-state index contributed by atoms with van der Waals surface area (Å²) in [4.78, 5) is 17.6. The molecule has 1 amide bonds. The molecule has 1 aliphatic rings. The van der Waals surface area contributed by atoms with Gasteiger partial charge in [0.1, 0.15) is 6.10 Å². The van der Waals surface area contributed by atoms with E-state index in [0.29, 0.717) is 11.5 Å². The fraction of sp³-hybridized carbons (Fsp3) is 0.235. The van der Waals surface area contributed by atoms with Gasteiger partial charge in [0.15, 0.2) is 11.5 Å². The molecule has 0 saturated carbocycles. The van der Waals surface area contributed by atoms with Crippen LogP contribution in [-0.4, -0.2) is 40.1 Å². The SMILES string of the molecule is O=C(c1cc(-c2ccco2)on1)N1CC(Oc2cc(C(F)(F)F)ccn2)C1. The topological polar surface area (TPSA) is 81.6 Å². The van der Waals surface area contributed by atoms with E-state index in [1.165, 1.54) is 17.2 Å². The van der Waals surface area contributed by atoms with Gasteiger partial charge in [0, 0.05) is 18.3 Å². The first-order valence-corrected chi connectivity index (χ1v) is 7.90. The van der Waals surface area contributed by atoms with Crippen molar-refractivity contribution in [2.24, 2.45) is 0 Å². The third-order valence-corrected chi connectivity index (χ3v) is 3.98. The van der Waals surface area contributed by atoms with Crippen molar-refractivity contribution in [2.45, 2.75) is 12.3 Å². The smallest absolute Gasteiger partial charge is 0.416 e. The van der Waals surface area contributed by atoms with Crippen molar-refractivity contribution in [3.63, 3.8) is 0 Å². The molecule has 0 aliphatic carbocycles. The van der Waals surface area contributed by atoms with Crippen LogP contribution in [0.4, 0.5) is 13.2 Å². The first-order chi connectivity index (χ1) is 12.9. The van der Waals surface area contributed by atoms with Crippen molar-refractivity contribution in [1.82, 2.24) is 15.0 Å². The minimum absolute atomic E-state index is 0.108. The van der Waals surface area contributed by atoms with Gasteiger partial charge in [0.25, 0.3) is 5.91 Å². The summed E-state index contributed by atoms with van der Waals surface area (Å²) in [6.07, 6.45) is -2.41. The summed E-state index contributed by atoms with van der Waals surface area (Å²) in [5.41, 5.74) is -0.732. The van der Waals surface area contributed by atoms with Gasteiger partial charge in [0.05, 0.1) is 24.9 Å². The first-order valence-electron chi connectivity index (χ1n) is 7.90. The molecule has 1 saturated heterocycles. The van der Waals surface area contributed by atoms with Gasteiger partial charge in [-0.15, -0.1) is 0 Å². The maximum atomic E-state index is 12.7. The Kier molecular flexibility index (Phi) is 4.09. The number of halogens is 3. The number of aromatic nitrogens is 2. The van der Waals surface area contributed by atoms with Crippen molar-refractivity contribution < 1.29 is 31.6 Å². The van der Waals surface area contributed by atoms with Crippen LogP contribution in [0.25, 0.3) is 11.5 Å². The summed E-state index contributed by atoms with van der Waals surface area (Å²) in [7, 11) is 0. The molecule has 140 valence electrons. The van der Waals surface area contributed by atoms with Crippen LogP contribution in [-0.2, 0) is 6.18 Å². The Labute approximate surface area is 150 Å². The highest BCUT2D eigenvalue weighted by Crippen LogP contribution is 2.31. The number of likely N-dealkylation sites (tertiary alicyclic amines) is 1. The van der Waals surface area contributed by atoms with E-state index < -0.39 is 17.8 Å². The molecule has 7 nitrogen and oxygen atoms in total. The van der Waals surface area contributed by atoms with Gasteiger partial charge in [-0.25, -0.2) is 4.98 Å². The molecular formula is C17H12F3N3O4. The maximum absolute atomic E-state index is 12.7. The van der Waals surface area contributed by atoms with Crippen LogP contribution >= 0.6 is 0 Å². The minimum atomic E-state index is -4.47. The Balaban J connectivity index is 1.35. The number of hydrogen-bond acceptors (Lipinski definition) is 6. The lowest BCUT2D eigenvalue weighted by molar-refractivity contribution is -0.137. The van der Waals surface area contributed by atoms with Crippen LogP contribution in [0.3, 0.4) is 0 Å². The zero-order chi connectivity index (χ0) is 19.0. The molecule has 0 radical (unpaired) electrons. The Bertz CT molecular complexity index is 946. The number of ether oxygens (including phenoxy) is 1. The maximum Gasteiger partial charge on any atom is 0.416 e. The number of pyridine rings is 1. The molecule has 0 spiro atoms. The Hall–Kier alpha value is -3.30. The number of carbonyl (C=O) groups excluding carboxylic acids is 1. The molecule has 4 rings (SSSR count). The summed E-state index contributed by atoms with van der Waals surface area (Å²) in [6, 6.07) is 6.51. The van der Waals surface area contributed by atoms with E-state index in [1.54, 1.807) is 12.1 Å². The standard InChI is InChI=1S/C17H12F3N3O4/c18-17(19,20)10-3-4-21-15(6-10)26-11-8-23(9-11)16(24)12-7-14(27-22-12)13-2-1-5-25-13/h1-7,11H,8-9H2. The summed E-state index contributed by atoms with van der Waals surface area (Å²) >= 11 is 0. The van der Waals surface area contributed by atoms with E-state index in [1.807, 2.05) is 0 Å². The molecule has 4 heterocycles. The molecule has 0 atom stereocenters. The Morgan fingerprint density at radius 2 is 2.04 bits per heavy atom. The molecule has 0 unspecified atom stereocenters. The summed E-state index contributed by atoms with van der Waals surface area (Å²) in [5, 5.41) is 3.72. The average Bonchev–Trinajstić information content (AvgIpc) is 3.27. The molecule has 0 N–H and O–H groups in total. The zero-order valence-electron chi connectivity index (χ0n) is 13.6. The largest absolute Gasteiger partial charge is 0.471 e. The van der Waals surface area contributed by atoms with Crippen molar-refractivity contribution in [3.8, 4) is 17.4 Å². The zero-order valence-corrected chi connectivity index (χ0v) is 13.6. The van der Waals surface area contributed by atoms with Crippen molar-refractivity contribution in [2.75, 3.05) is 13.1 Å². The fourth-order valence-corrected chi connectivity index (χ4v) is 2.57. The number of alkyl halides is 3. The van der Waals surface area contributed by atoms with Crippen molar-refractivity contribution in [1.29, 1.82) is 0 Å². The highest BCUT2D eigenvalue weighted by atomic mass is 19.4. The predicted molar refractivity (Wildman–Crippen MR) is 83.8 cm³/mol. The van der Waals surface area contributed by atoms with E-state index in [2.05, 4.69) is 10.1 Å². The molecule has 10 heteroatoms. The average molecular weight is 379 g/mol. The van der Waals surface area contributed by atoms with Gasteiger partial charge in [-0.05, 0) is 18.2 Å². The lowest BCUT2D eigenvalue weighted by Crippen LogP contribution is -2.56. The van der Waals surface area contributed by atoms with Crippen molar-refractivity contribution >= 4 is 5.91 Å². The monoisotopic (exact) mass is 379 g/mol. The molecule has 3 aromatic heterocycles. The molecule has 3 aromatic rings. The van der Waals surface area contributed by atoms with Crippen LogP contribution in [0.5, 0.6) is 5.88 Å². The molecule has 1 fully saturated rings. The van der Waals surface area contributed by atoms with E-state index >= 15 is 0 Å². The summed E-state index contributed by atoms with van der Waals surface area (Å²) in [5.74, 6) is 0.267. The Morgan fingerprint density at radius 3 is 2.74 bits per heavy atom. The molecular weight excluding hydrogens is 367 g/mol. The lowest BCUT2D eigenvalue weighted by atomic mass is 10.1. The van der Waals surface area contributed by atoms with Gasteiger partial charge in [-0.3, -0.25) is 4.79 Å². The number of nitrogens with zero attached hydrogens (tertiary/aromatic N) is 3. The Morgan fingerprint density at radius 1 is 1.22 bits per heavy atom. The second kappa shape index (κ2) is 6.45. The van der Waals surface area contributed by atoms with Crippen LogP contribution < -0.4 is 4.74 Å². The van der Waals surface area contributed by atoms with Crippen LogP contribution in [0.15, 0.2) is 51.7 Å². The van der Waals surface area contributed by atoms with E-state index in [9.17, 15) is 18.0 Å². The fourth-order valence-electron chi connectivity index (χ4n) is 2.57. The number of furan rings is 1. The van der Waals surface area contributed by atoms with Gasteiger partial charge in [-0.2, -0.15) is 13.2 Å². The van der Waals surface area contributed by atoms with E-state index in [4.69, 9.17) is 13.7 Å². The number of amides is 1. The highest BCUT2D eigenvalue weighted by molar-refractivity contribution is 5.93. The molecule has 27 heavy (non-hydrogen) atoms. The molecule has 0 bridgehead atoms. The number of carbonyl (C=O) groups is 1. The quantitative estimate of drug-likeness (QED) is 0.692. The number of hydrogen-bond donors (Lipinski definition) is 0. The third-order valence-electron chi connectivity index (χ3n) is 3.98. The highest BCUT2D eigenvalue weighted by Gasteiger charge is 2.36. The van der Waals surface area contributed by atoms with Gasteiger partial charge < -0.3 is 18.6 Å². The third kappa shape index (κ3) is 3.50. The van der Waals surface area contributed by atoms with Gasteiger partial charge in [0.2, 0.25) is 11.6 Å². The summed E-state index contributed by atoms with van der Waals surface area (Å²) < 4.78 is 53.8. The summed E-state index contributed by atoms with van der Waals surface area (Å²) in [6.45, 7) is 0.416. The normalized spacial score (nSPS) is 14.9. The van der Waals surface area contributed by atoms with E-state index in [-0.39, 0.29) is 30.6 Å².